The van der Waals surface area contributed by atoms with E-state index in [-0.39, 0.29) is 16.3 Å². The minimum atomic E-state index is -0.515. The van der Waals surface area contributed by atoms with Crippen molar-refractivity contribution in [1.29, 1.82) is 0 Å². The Labute approximate surface area is 125 Å². The largest absolute Gasteiger partial charge is 0.291 e. The summed E-state index contributed by atoms with van der Waals surface area (Å²) in [6.45, 7) is 4.51. The second-order valence-corrected chi connectivity index (χ2v) is 4.47. The molecule has 9 heteroatoms. The number of carbonyl (C=O) groups is 1. The van der Waals surface area contributed by atoms with Gasteiger partial charge < -0.3 is 0 Å². The fraction of sp³-hybridized carbons (Fsp3) is 0.333. The molecular formula is C12H14ClFN6O. The van der Waals surface area contributed by atoms with Gasteiger partial charge in [0.2, 0.25) is 5.95 Å². The fourth-order valence-corrected chi connectivity index (χ4v) is 1.96. The average molecular weight is 313 g/mol. The number of halogens is 2. The van der Waals surface area contributed by atoms with Gasteiger partial charge in [-0.3, -0.25) is 9.48 Å². The molecule has 7 nitrogen and oxygen atoms in total. The Bertz CT molecular complexity index is 677. The minimum absolute atomic E-state index is 0.187. The van der Waals surface area contributed by atoms with Gasteiger partial charge in [-0.2, -0.15) is 19.7 Å². The van der Waals surface area contributed by atoms with Gasteiger partial charge in [-0.25, -0.2) is 10.1 Å². The molecule has 0 spiro atoms. The van der Waals surface area contributed by atoms with Crippen LogP contribution in [0.4, 0.5) is 4.39 Å². The van der Waals surface area contributed by atoms with Gasteiger partial charge in [0.15, 0.2) is 0 Å². The minimum Gasteiger partial charge on any atom is -0.266 e. The molecule has 2 aromatic heterocycles. The number of hydrazone groups is 1. The molecule has 2 heterocycles. The second-order valence-electron chi connectivity index (χ2n) is 4.06. The predicted molar refractivity (Wildman–Crippen MR) is 75.8 cm³/mol. The highest BCUT2D eigenvalue weighted by atomic mass is 35.5. The van der Waals surface area contributed by atoms with E-state index in [4.69, 9.17) is 11.6 Å². The molecule has 2 aromatic rings. The van der Waals surface area contributed by atoms with Crippen LogP contribution in [0.2, 0.25) is 5.02 Å². The summed E-state index contributed by atoms with van der Waals surface area (Å²) < 4.78 is 16.3. The lowest BCUT2D eigenvalue weighted by Crippen LogP contribution is -2.22. The van der Waals surface area contributed by atoms with Gasteiger partial charge in [0.25, 0.3) is 5.91 Å². The second kappa shape index (κ2) is 6.49. The van der Waals surface area contributed by atoms with Crippen molar-refractivity contribution in [3.63, 3.8) is 0 Å². The Morgan fingerprint density at radius 2 is 2.05 bits per heavy atom. The lowest BCUT2D eigenvalue weighted by Gasteiger charge is -2.03. The summed E-state index contributed by atoms with van der Waals surface area (Å²) in [5, 5.41) is 11.7. The highest BCUT2D eigenvalue weighted by Crippen LogP contribution is 2.14. The van der Waals surface area contributed by atoms with E-state index in [0.717, 1.165) is 0 Å². The van der Waals surface area contributed by atoms with Crippen LogP contribution in [0.25, 0.3) is 0 Å². The monoisotopic (exact) mass is 312 g/mol. The first-order chi connectivity index (χ1) is 10.1. The number of rotatable bonds is 5. The van der Waals surface area contributed by atoms with Crippen molar-refractivity contribution >= 4 is 23.7 Å². The van der Waals surface area contributed by atoms with Crippen LogP contribution in [0.15, 0.2) is 17.5 Å². The third-order valence-corrected chi connectivity index (χ3v) is 3.06. The molecule has 0 saturated carbocycles. The SMILES string of the molecule is CCn1ncc(/C=N\NC(=O)c2c(Cl)cnn2CC)c1F. The predicted octanol–water partition coefficient (Wildman–Crippen LogP) is 1.68. The van der Waals surface area contributed by atoms with Crippen LogP contribution in [-0.2, 0) is 13.1 Å². The van der Waals surface area contributed by atoms with E-state index in [2.05, 4.69) is 20.7 Å². The van der Waals surface area contributed by atoms with Crippen LogP contribution < -0.4 is 5.43 Å². The molecule has 1 amide bonds. The molecule has 21 heavy (non-hydrogen) atoms. The summed E-state index contributed by atoms with van der Waals surface area (Å²) in [7, 11) is 0. The smallest absolute Gasteiger partial charge is 0.266 e. The lowest BCUT2D eigenvalue weighted by molar-refractivity contribution is 0.0944. The lowest BCUT2D eigenvalue weighted by atomic mass is 10.4. The maximum Gasteiger partial charge on any atom is 0.291 e. The number of nitrogens with one attached hydrogen (secondary N) is 1. The number of aryl methyl sites for hydroxylation is 2. The normalized spacial score (nSPS) is 11.2. The van der Waals surface area contributed by atoms with Crippen molar-refractivity contribution in [3.8, 4) is 0 Å². The molecule has 0 bridgehead atoms. The number of hydrogen-bond acceptors (Lipinski definition) is 4. The zero-order chi connectivity index (χ0) is 15.4. The molecule has 2 rings (SSSR count). The molecule has 0 fully saturated rings. The van der Waals surface area contributed by atoms with Crippen LogP contribution in [0.5, 0.6) is 0 Å². The van der Waals surface area contributed by atoms with Crippen molar-refractivity contribution < 1.29 is 9.18 Å². The third kappa shape index (κ3) is 3.10. The Kier molecular flexibility index (Phi) is 4.69. The molecule has 0 aliphatic rings. The van der Waals surface area contributed by atoms with Crippen LogP contribution in [0, 0.1) is 5.95 Å². The number of aromatic nitrogens is 4. The molecule has 0 atom stereocenters. The van der Waals surface area contributed by atoms with Gasteiger partial charge in [-0.15, -0.1) is 0 Å². The van der Waals surface area contributed by atoms with Crippen molar-refractivity contribution in [2.45, 2.75) is 26.9 Å². The van der Waals surface area contributed by atoms with Gasteiger partial charge in [0.1, 0.15) is 5.69 Å². The molecule has 1 N–H and O–H groups in total. The maximum atomic E-state index is 13.7. The van der Waals surface area contributed by atoms with E-state index in [0.29, 0.717) is 13.1 Å². The number of amides is 1. The molecule has 0 aromatic carbocycles. The number of carbonyl (C=O) groups excluding carboxylic acids is 1. The van der Waals surface area contributed by atoms with E-state index < -0.39 is 11.9 Å². The van der Waals surface area contributed by atoms with E-state index >= 15 is 0 Å². The Balaban J connectivity index is 2.08. The Hall–Kier alpha value is -2.22. The summed E-state index contributed by atoms with van der Waals surface area (Å²) in [4.78, 5) is 12.0. The summed E-state index contributed by atoms with van der Waals surface area (Å²) in [5.74, 6) is -1.02. The average Bonchev–Trinajstić information content (AvgIpc) is 3.02. The first-order valence-electron chi connectivity index (χ1n) is 6.34. The van der Waals surface area contributed by atoms with E-state index in [1.807, 2.05) is 6.92 Å². The van der Waals surface area contributed by atoms with Gasteiger partial charge in [-0.05, 0) is 13.8 Å². The summed E-state index contributed by atoms with van der Waals surface area (Å²) in [5.41, 5.74) is 2.68. The highest BCUT2D eigenvalue weighted by molar-refractivity contribution is 6.33. The Morgan fingerprint density at radius 1 is 1.38 bits per heavy atom. The zero-order valence-corrected chi connectivity index (χ0v) is 12.3. The molecule has 0 aliphatic carbocycles. The van der Waals surface area contributed by atoms with Gasteiger partial charge >= 0.3 is 0 Å². The summed E-state index contributed by atoms with van der Waals surface area (Å²) in [6.07, 6.45) is 3.90. The Morgan fingerprint density at radius 3 is 2.67 bits per heavy atom. The molecule has 112 valence electrons. The quantitative estimate of drug-likeness (QED) is 0.674. The number of hydrogen-bond donors (Lipinski definition) is 1. The van der Waals surface area contributed by atoms with E-state index in [1.165, 1.54) is 28.0 Å². The van der Waals surface area contributed by atoms with Crippen molar-refractivity contribution in [2.24, 2.45) is 5.10 Å². The number of nitrogens with zero attached hydrogens (tertiary/aromatic N) is 5. The maximum absolute atomic E-state index is 13.7. The summed E-state index contributed by atoms with van der Waals surface area (Å²) in [6, 6.07) is 0. The molecule has 0 saturated heterocycles. The van der Waals surface area contributed by atoms with Gasteiger partial charge in [0.05, 0.1) is 29.2 Å². The standard InChI is InChI=1S/C12H14ClFN6O/c1-3-19-10(9(13)7-17-19)12(21)18-15-5-8-6-16-20(4-2)11(8)14/h5-7H,3-4H2,1-2H3,(H,18,21)/b15-5-. The molecular weight excluding hydrogens is 299 g/mol. The van der Waals surface area contributed by atoms with Crippen molar-refractivity contribution in [1.82, 2.24) is 25.0 Å². The van der Waals surface area contributed by atoms with Crippen LogP contribution in [-0.4, -0.2) is 31.7 Å². The zero-order valence-electron chi connectivity index (χ0n) is 11.5. The summed E-state index contributed by atoms with van der Waals surface area (Å²) >= 11 is 5.89. The highest BCUT2D eigenvalue weighted by Gasteiger charge is 2.16. The van der Waals surface area contributed by atoms with Crippen molar-refractivity contribution in [2.75, 3.05) is 0 Å². The molecule has 0 radical (unpaired) electrons. The van der Waals surface area contributed by atoms with Crippen molar-refractivity contribution in [3.05, 3.63) is 34.6 Å². The molecule has 0 unspecified atom stereocenters. The van der Waals surface area contributed by atoms with Crippen LogP contribution in [0.3, 0.4) is 0 Å². The fourth-order valence-electron chi connectivity index (χ4n) is 1.73. The third-order valence-electron chi connectivity index (χ3n) is 2.78. The van der Waals surface area contributed by atoms with E-state index in [1.54, 1.807) is 6.92 Å². The molecule has 0 aliphatic heterocycles. The van der Waals surface area contributed by atoms with Crippen LogP contribution in [0.1, 0.15) is 29.9 Å². The van der Waals surface area contributed by atoms with Gasteiger partial charge in [0, 0.05) is 13.1 Å². The topological polar surface area (TPSA) is 77.1 Å². The van der Waals surface area contributed by atoms with Crippen LogP contribution >= 0.6 is 11.6 Å². The van der Waals surface area contributed by atoms with E-state index in [9.17, 15) is 9.18 Å². The van der Waals surface area contributed by atoms with Gasteiger partial charge in [-0.1, -0.05) is 11.6 Å². The first kappa shape index (κ1) is 15.2. The first-order valence-corrected chi connectivity index (χ1v) is 6.72.